The van der Waals surface area contributed by atoms with Gasteiger partial charge >= 0.3 is 0 Å². The number of nitrogens with zero attached hydrogens (tertiary/aromatic N) is 1. The molecule has 5 nitrogen and oxygen atoms in total. The molecule has 1 heterocycles. The molecule has 182 valence electrons. The van der Waals surface area contributed by atoms with Crippen LogP contribution in [0.5, 0.6) is 5.75 Å². The van der Waals surface area contributed by atoms with Crippen LogP contribution in [0.15, 0.2) is 78.9 Å². The zero-order valence-corrected chi connectivity index (χ0v) is 21.3. The van der Waals surface area contributed by atoms with Gasteiger partial charge in [0.05, 0.1) is 18.9 Å². The quantitative estimate of drug-likeness (QED) is 0.402. The first-order chi connectivity index (χ1) is 16.9. The number of carbonyl (C=O) groups excluding carboxylic acids is 2. The summed E-state index contributed by atoms with van der Waals surface area (Å²) in [5.74, 6) is 1.73. The van der Waals surface area contributed by atoms with Crippen LogP contribution in [0.4, 0.5) is 0 Å². The molecule has 0 saturated carbocycles. The number of amides is 2. The van der Waals surface area contributed by atoms with E-state index in [1.54, 1.807) is 18.9 Å². The summed E-state index contributed by atoms with van der Waals surface area (Å²) in [6, 6.07) is 25.4. The highest BCUT2D eigenvalue weighted by molar-refractivity contribution is 8.00. The van der Waals surface area contributed by atoms with Crippen molar-refractivity contribution in [3.63, 3.8) is 0 Å². The van der Waals surface area contributed by atoms with Gasteiger partial charge in [0.15, 0.2) is 0 Å². The first kappa shape index (κ1) is 24.9. The highest BCUT2D eigenvalue weighted by Crippen LogP contribution is 2.39. The molecule has 0 spiro atoms. The van der Waals surface area contributed by atoms with Gasteiger partial charge in [0, 0.05) is 12.1 Å². The average Bonchev–Trinajstić information content (AvgIpc) is 3.24. The molecule has 0 aliphatic carbocycles. The third-order valence-electron chi connectivity index (χ3n) is 6.15. The molecule has 2 unspecified atom stereocenters. The van der Waals surface area contributed by atoms with E-state index in [0.29, 0.717) is 23.8 Å². The van der Waals surface area contributed by atoms with Crippen LogP contribution in [-0.2, 0) is 11.3 Å². The summed E-state index contributed by atoms with van der Waals surface area (Å²) in [5, 5.41) is 3.16. The molecule has 3 aromatic carbocycles. The van der Waals surface area contributed by atoms with Crippen LogP contribution in [0.25, 0.3) is 0 Å². The van der Waals surface area contributed by atoms with Crippen molar-refractivity contribution in [2.24, 2.45) is 5.92 Å². The summed E-state index contributed by atoms with van der Waals surface area (Å²) in [6.07, 6.45) is 0.839. The van der Waals surface area contributed by atoms with Gasteiger partial charge in [0.2, 0.25) is 5.91 Å². The van der Waals surface area contributed by atoms with Gasteiger partial charge in [-0.1, -0.05) is 68.4 Å². The standard InChI is InChI=1S/C29H32N2O3S/c1-20(2)17-26(22-13-15-25(34-3)16-14-22)30-28(33)23-9-11-24(12-10-23)29-31(27(32)19-35-29)18-21-7-5-4-6-8-21/h4-16,20,26,29H,17-19H2,1-3H3,(H,30,33). The lowest BCUT2D eigenvalue weighted by molar-refractivity contribution is -0.128. The van der Waals surface area contributed by atoms with Crippen molar-refractivity contribution in [1.82, 2.24) is 10.2 Å². The van der Waals surface area contributed by atoms with Gasteiger partial charge in [0.25, 0.3) is 5.91 Å². The maximum absolute atomic E-state index is 13.1. The van der Waals surface area contributed by atoms with E-state index >= 15 is 0 Å². The van der Waals surface area contributed by atoms with Crippen LogP contribution >= 0.6 is 11.8 Å². The molecule has 0 aromatic heterocycles. The molecule has 0 radical (unpaired) electrons. The Labute approximate surface area is 211 Å². The molecule has 4 rings (SSSR count). The van der Waals surface area contributed by atoms with E-state index in [1.165, 1.54) is 0 Å². The monoisotopic (exact) mass is 488 g/mol. The summed E-state index contributed by atoms with van der Waals surface area (Å²) < 4.78 is 5.27. The Bertz CT molecular complexity index is 1130. The lowest BCUT2D eigenvalue weighted by Crippen LogP contribution is -2.30. The molecule has 1 fully saturated rings. The minimum atomic E-state index is -0.102. The lowest BCUT2D eigenvalue weighted by atomic mass is 9.96. The van der Waals surface area contributed by atoms with Gasteiger partial charge < -0.3 is 15.0 Å². The Morgan fingerprint density at radius 3 is 2.34 bits per heavy atom. The van der Waals surface area contributed by atoms with E-state index in [2.05, 4.69) is 19.2 Å². The molecule has 1 saturated heterocycles. The van der Waals surface area contributed by atoms with E-state index in [1.807, 2.05) is 83.8 Å². The van der Waals surface area contributed by atoms with Gasteiger partial charge in [-0.25, -0.2) is 0 Å². The first-order valence-corrected chi connectivity index (χ1v) is 13.0. The third-order valence-corrected chi connectivity index (χ3v) is 7.41. The second-order valence-corrected chi connectivity index (χ2v) is 10.3. The van der Waals surface area contributed by atoms with Crippen molar-refractivity contribution in [3.8, 4) is 5.75 Å². The predicted octanol–water partition coefficient (Wildman–Crippen LogP) is 5.99. The maximum Gasteiger partial charge on any atom is 0.251 e. The summed E-state index contributed by atoms with van der Waals surface area (Å²) in [6.45, 7) is 4.89. The number of methoxy groups -OCH3 is 1. The van der Waals surface area contributed by atoms with E-state index < -0.39 is 0 Å². The van der Waals surface area contributed by atoms with Crippen molar-refractivity contribution >= 4 is 23.6 Å². The van der Waals surface area contributed by atoms with E-state index in [0.717, 1.165) is 28.9 Å². The molecule has 2 atom stereocenters. The number of hydrogen-bond donors (Lipinski definition) is 1. The molecular formula is C29H32N2O3S. The Hall–Kier alpha value is -3.25. The summed E-state index contributed by atoms with van der Waals surface area (Å²) >= 11 is 1.63. The Balaban J connectivity index is 1.46. The molecule has 1 aliphatic rings. The number of hydrogen-bond acceptors (Lipinski definition) is 4. The molecule has 35 heavy (non-hydrogen) atoms. The molecule has 0 bridgehead atoms. The van der Waals surface area contributed by atoms with Crippen LogP contribution in [0.3, 0.4) is 0 Å². The van der Waals surface area contributed by atoms with Crippen molar-refractivity contribution in [2.45, 2.75) is 38.2 Å². The van der Waals surface area contributed by atoms with Crippen LogP contribution in [0, 0.1) is 5.92 Å². The fourth-order valence-electron chi connectivity index (χ4n) is 4.31. The van der Waals surface area contributed by atoms with Gasteiger partial charge in [-0.3, -0.25) is 9.59 Å². The lowest BCUT2D eigenvalue weighted by Gasteiger charge is -2.25. The summed E-state index contributed by atoms with van der Waals surface area (Å²) in [5.41, 5.74) is 3.81. The second kappa shape index (κ2) is 11.5. The molecule has 1 N–H and O–H groups in total. The SMILES string of the molecule is COc1ccc(C(CC(C)C)NC(=O)c2ccc(C3SCC(=O)N3Cc3ccccc3)cc2)cc1. The van der Waals surface area contributed by atoms with Crippen molar-refractivity contribution in [2.75, 3.05) is 12.9 Å². The fourth-order valence-corrected chi connectivity index (χ4v) is 5.50. The van der Waals surface area contributed by atoms with Crippen molar-refractivity contribution < 1.29 is 14.3 Å². The number of nitrogens with one attached hydrogen (secondary N) is 1. The van der Waals surface area contributed by atoms with Gasteiger partial charge in [-0.2, -0.15) is 0 Å². The zero-order valence-electron chi connectivity index (χ0n) is 20.4. The van der Waals surface area contributed by atoms with E-state index in [4.69, 9.17) is 4.74 Å². The van der Waals surface area contributed by atoms with Gasteiger partial charge in [-0.15, -0.1) is 11.8 Å². The van der Waals surface area contributed by atoms with Gasteiger partial charge in [0.1, 0.15) is 11.1 Å². The predicted molar refractivity (Wildman–Crippen MR) is 141 cm³/mol. The number of rotatable bonds is 9. The van der Waals surface area contributed by atoms with Crippen LogP contribution in [0.2, 0.25) is 0 Å². The number of benzene rings is 3. The van der Waals surface area contributed by atoms with Crippen LogP contribution in [-0.4, -0.2) is 29.6 Å². The summed E-state index contributed by atoms with van der Waals surface area (Å²) in [4.78, 5) is 27.6. The summed E-state index contributed by atoms with van der Waals surface area (Å²) in [7, 11) is 1.65. The second-order valence-electron chi connectivity index (χ2n) is 9.22. The minimum Gasteiger partial charge on any atom is -0.497 e. The minimum absolute atomic E-state index is 0.0483. The number of ether oxygens (including phenoxy) is 1. The molecule has 3 aromatic rings. The third kappa shape index (κ3) is 6.25. The molecule has 1 aliphatic heterocycles. The Morgan fingerprint density at radius 1 is 1.03 bits per heavy atom. The van der Waals surface area contributed by atoms with Crippen LogP contribution < -0.4 is 10.1 Å². The van der Waals surface area contributed by atoms with Crippen molar-refractivity contribution in [1.29, 1.82) is 0 Å². The first-order valence-electron chi connectivity index (χ1n) is 11.9. The zero-order chi connectivity index (χ0) is 24.8. The smallest absolute Gasteiger partial charge is 0.251 e. The number of thioether (sulfide) groups is 1. The highest BCUT2D eigenvalue weighted by Gasteiger charge is 2.32. The van der Waals surface area contributed by atoms with E-state index in [-0.39, 0.29) is 23.2 Å². The normalized spacial score (nSPS) is 16.4. The number of carbonyl (C=O) groups is 2. The Morgan fingerprint density at radius 2 is 1.71 bits per heavy atom. The fraction of sp³-hybridized carbons (Fsp3) is 0.310. The largest absolute Gasteiger partial charge is 0.497 e. The van der Waals surface area contributed by atoms with E-state index in [9.17, 15) is 9.59 Å². The van der Waals surface area contributed by atoms with Crippen molar-refractivity contribution in [3.05, 3.63) is 101 Å². The molecular weight excluding hydrogens is 456 g/mol. The highest BCUT2D eigenvalue weighted by atomic mass is 32.2. The topological polar surface area (TPSA) is 58.6 Å². The maximum atomic E-state index is 13.1. The van der Waals surface area contributed by atoms with Crippen LogP contribution in [0.1, 0.15) is 58.7 Å². The molecule has 2 amide bonds. The van der Waals surface area contributed by atoms with Gasteiger partial charge in [-0.05, 0) is 53.3 Å². The Kier molecular flexibility index (Phi) is 8.13. The average molecular weight is 489 g/mol. The molecule has 6 heteroatoms.